The zero-order valence-corrected chi connectivity index (χ0v) is 23.8. The van der Waals surface area contributed by atoms with Crippen LogP contribution in [-0.2, 0) is 25.7 Å². The maximum Gasteiger partial charge on any atom is 0.409 e. The van der Waals surface area contributed by atoms with Gasteiger partial charge in [-0.1, -0.05) is 55.8 Å². The zero-order chi connectivity index (χ0) is 29.3. The summed E-state index contributed by atoms with van der Waals surface area (Å²) in [5.74, 6) is -0.329. The number of carbonyl (C=O) groups excluding carboxylic acids is 5. The lowest BCUT2D eigenvalue weighted by molar-refractivity contribution is -0.126. The summed E-state index contributed by atoms with van der Waals surface area (Å²) in [6.45, 7) is 2.23. The molecule has 1 aromatic carbocycles. The number of carbonyl (C=O) groups is 5. The van der Waals surface area contributed by atoms with Gasteiger partial charge in [0.2, 0.25) is 5.91 Å². The molecule has 1 aromatic rings. The van der Waals surface area contributed by atoms with Crippen LogP contribution >= 0.6 is 11.6 Å². The summed E-state index contributed by atoms with van der Waals surface area (Å²) in [6, 6.07) is 4.49. The van der Waals surface area contributed by atoms with Gasteiger partial charge in [0.05, 0.1) is 0 Å². The van der Waals surface area contributed by atoms with Crippen LogP contribution < -0.4 is 21.3 Å². The van der Waals surface area contributed by atoms with Crippen molar-refractivity contribution in [3.8, 4) is 0 Å². The maximum absolute atomic E-state index is 13.1. The molecule has 0 aromatic heterocycles. The number of hydrogen-bond acceptors (Lipinski definition) is 7. The van der Waals surface area contributed by atoms with E-state index in [0.29, 0.717) is 29.8 Å². The van der Waals surface area contributed by atoms with Crippen molar-refractivity contribution in [1.29, 1.82) is 0 Å². The number of halogens is 1. The summed E-state index contributed by atoms with van der Waals surface area (Å²) >= 11 is 5.97. The molecular weight excluding hydrogens is 542 g/mol. The first-order chi connectivity index (χ1) is 19.2. The number of benzene rings is 1. The molecule has 40 heavy (non-hydrogen) atoms. The second kappa shape index (κ2) is 17.9. The molecule has 0 spiro atoms. The fourth-order valence-electron chi connectivity index (χ4n) is 4.27. The lowest BCUT2D eigenvalue weighted by Crippen LogP contribution is -2.52. The van der Waals surface area contributed by atoms with Gasteiger partial charge in [0, 0.05) is 31.7 Å². The largest absolute Gasteiger partial charge is 0.447 e. The molecule has 1 fully saturated rings. The van der Waals surface area contributed by atoms with Gasteiger partial charge in [-0.05, 0) is 37.0 Å². The molecule has 0 bridgehead atoms. The monoisotopic (exact) mass is 581 g/mol. The van der Waals surface area contributed by atoms with E-state index < -0.39 is 36.8 Å². The zero-order valence-electron chi connectivity index (χ0n) is 23.1. The Labute approximate surface area is 239 Å². The van der Waals surface area contributed by atoms with Crippen LogP contribution in [0.2, 0.25) is 5.02 Å². The van der Waals surface area contributed by atoms with E-state index in [1.807, 2.05) is 0 Å². The number of amides is 5. The molecule has 2 rings (SSSR count). The molecule has 0 radical (unpaired) electrons. The molecule has 13 heteroatoms. The summed E-state index contributed by atoms with van der Waals surface area (Å²) in [4.78, 5) is 62.3. The number of ether oxygens (including phenoxy) is 2. The number of alkyl carbamates (subject to hydrolysis) is 1. The highest BCUT2D eigenvalue weighted by molar-refractivity contribution is 6.30. The molecule has 0 aliphatic heterocycles. The lowest BCUT2D eigenvalue weighted by Gasteiger charge is -2.27. The van der Waals surface area contributed by atoms with Crippen molar-refractivity contribution >= 4 is 42.0 Å². The number of rotatable bonds is 14. The van der Waals surface area contributed by atoms with Crippen LogP contribution in [0.25, 0.3) is 0 Å². The van der Waals surface area contributed by atoms with E-state index in [2.05, 4.69) is 21.3 Å². The van der Waals surface area contributed by atoms with E-state index in [4.69, 9.17) is 21.1 Å². The van der Waals surface area contributed by atoms with Crippen molar-refractivity contribution in [3.05, 3.63) is 34.9 Å². The van der Waals surface area contributed by atoms with Crippen molar-refractivity contribution in [2.24, 2.45) is 5.92 Å². The highest BCUT2D eigenvalue weighted by Gasteiger charge is 2.28. The van der Waals surface area contributed by atoms with Crippen molar-refractivity contribution in [2.75, 3.05) is 33.3 Å². The third-order valence-corrected chi connectivity index (χ3v) is 6.66. The molecule has 222 valence electrons. The standard InChI is InChI=1S/C27H40ClN5O7/c1-3-29-25(36)30-12-13-33(2)27(38)40-18-22(16-34)31-24(35)23(15-19-8-5-4-6-9-19)32-26(37)39-17-20-10-7-11-21(28)14-20/h7,10-11,14,16,19,22-23H,3-6,8-9,12-13,15,17-18H2,1-2H3,(H,31,35)(H,32,37)(H2,29,30,36)/t22-,23+/m1/s1. The predicted molar refractivity (Wildman–Crippen MR) is 149 cm³/mol. The Kier molecular flexibility index (Phi) is 14.6. The van der Waals surface area contributed by atoms with Crippen molar-refractivity contribution in [1.82, 2.24) is 26.2 Å². The molecule has 12 nitrogen and oxygen atoms in total. The quantitative estimate of drug-likeness (QED) is 0.246. The van der Waals surface area contributed by atoms with Crippen LogP contribution in [0.4, 0.5) is 14.4 Å². The molecule has 2 atom stereocenters. The minimum Gasteiger partial charge on any atom is -0.447 e. The minimum atomic E-state index is -1.11. The van der Waals surface area contributed by atoms with Gasteiger partial charge < -0.3 is 40.4 Å². The highest BCUT2D eigenvalue weighted by atomic mass is 35.5. The van der Waals surface area contributed by atoms with Gasteiger partial charge in [0.1, 0.15) is 31.6 Å². The fraction of sp³-hybridized carbons (Fsp3) is 0.593. The van der Waals surface area contributed by atoms with Crippen LogP contribution in [0.1, 0.15) is 51.0 Å². The van der Waals surface area contributed by atoms with Gasteiger partial charge in [0.15, 0.2) is 0 Å². The van der Waals surface area contributed by atoms with E-state index in [9.17, 15) is 24.0 Å². The SMILES string of the molecule is CCNC(=O)NCCN(C)C(=O)OC[C@@H](C=O)NC(=O)[C@H](CC1CCCCC1)NC(=O)OCc1cccc(Cl)c1. The molecule has 0 heterocycles. The number of nitrogens with zero attached hydrogens (tertiary/aromatic N) is 1. The number of hydrogen-bond donors (Lipinski definition) is 4. The Hall–Kier alpha value is -3.54. The molecule has 1 saturated carbocycles. The third kappa shape index (κ3) is 12.5. The van der Waals surface area contributed by atoms with Crippen LogP contribution in [0.5, 0.6) is 0 Å². The van der Waals surface area contributed by atoms with Gasteiger partial charge in [0.25, 0.3) is 0 Å². The van der Waals surface area contributed by atoms with Gasteiger partial charge in [-0.2, -0.15) is 0 Å². The first-order valence-corrected chi connectivity index (χ1v) is 13.9. The highest BCUT2D eigenvalue weighted by Crippen LogP contribution is 2.27. The second-order valence-corrected chi connectivity index (χ2v) is 10.1. The van der Waals surface area contributed by atoms with Gasteiger partial charge in [-0.3, -0.25) is 4.79 Å². The molecule has 0 unspecified atom stereocenters. The Morgan fingerprint density at radius 2 is 1.85 bits per heavy atom. The van der Waals surface area contributed by atoms with E-state index >= 15 is 0 Å². The van der Waals surface area contributed by atoms with Crippen LogP contribution in [0.3, 0.4) is 0 Å². The van der Waals surface area contributed by atoms with Crippen molar-refractivity contribution < 1.29 is 33.4 Å². The van der Waals surface area contributed by atoms with Gasteiger partial charge in [-0.25, -0.2) is 14.4 Å². The van der Waals surface area contributed by atoms with Crippen LogP contribution in [-0.4, -0.2) is 80.7 Å². The first kappa shape index (κ1) is 32.7. The normalized spacial score (nSPS) is 14.7. The summed E-state index contributed by atoms with van der Waals surface area (Å²) in [5, 5.41) is 10.9. The lowest BCUT2D eigenvalue weighted by atomic mass is 9.84. The summed E-state index contributed by atoms with van der Waals surface area (Å²) in [6.07, 6.45) is 4.50. The number of aldehydes is 1. The molecule has 4 N–H and O–H groups in total. The smallest absolute Gasteiger partial charge is 0.409 e. The number of nitrogens with one attached hydrogen (secondary N) is 4. The van der Waals surface area contributed by atoms with Crippen molar-refractivity contribution in [2.45, 2.75) is 64.1 Å². The summed E-state index contributed by atoms with van der Waals surface area (Å²) in [7, 11) is 1.48. The summed E-state index contributed by atoms with van der Waals surface area (Å²) < 4.78 is 10.4. The van der Waals surface area contributed by atoms with Crippen molar-refractivity contribution in [3.63, 3.8) is 0 Å². The Morgan fingerprint density at radius 1 is 1.10 bits per heavy atom. The van der Waals surface area contributed by atoms with Gasteiger partial charge in [-0.15, -0.1) is 0 Å². The van der Waals surface area contributed by atoms with E-state index in [1.165, 1.54) is 11.9 Å². The van der Waals surface area contributed by atoms with E-state index in [-0.39, 0.29) is 31.6 Å². The average molecular weight is 582 g/mol. The molecule has 1 aliphatic rings. The Morgan fingerprint density at radius 3 is 2.52 bits per heavy atom. The molecule has 1 aliphatic carbocycles. The van der Waals surface area contributed by atoms with E-state index in [0.717, 1.165) is 32.1 Å². The Bertz CT molecular complexity index is 990. The van der Waals surface area contributed by atoms with E-state index in [1.54, 1.807) is 31.2 Å². The number of urea groups is 1. The molecule has 0 saturated heterocycles. The van der Waals surface area contributed by atoms with Gasteiger partial charge >= 0.3 is 18.2 Å². The average Bonchev–Trinajstić information content (AvgIpc) is 2.94. The van der Waals surface area contributed by atoms with Crippen LogP contribution in [0, 0.1) is 5.92 Å². The number of likely N-dealkylation sites (N-methyl/N-ethyl adjacent to an activating group) is 1. The first-order valence-electron chi connectivity index (χ1n) is 13.5. The third-order valence-electron chi connectivity index (χ3n) is 6.42. The molecule has 5 amide bonds. The minimum absolute atomic E-state index is 0.0244. The molecular formula is C27H40ClN5O7. The topological polar surface area (TPSA) is 155 Å². The maximum atomic E-state index is 13.1. The summed E-state index contributed by atoms with van der Waals surface area (Å²) in [5.41, 5.74) is 0.698. The van der Waals surface area contributed by atoms with Crippen LogP contribution in [0.15, 0.2) is 24.3 Å². The Balaban J connectivity index is 1.89. The second-order valence-electron chi connectivity index (χ2n) is 9.68. The predicted octanol–water partition coefficient (Wildman–Crippen LogP) is 2.98. The fourth-order valence-corrected chi connectivity index (χ4v) is 4.48.